The number of H-pyrrole nitrogens is 1. The van der Waals surface area contributed by atoms with Gasteiger partial charge in [0.25, 0.3) is 5.56 Å². The molecule has 0 radical (unpaired) electrons. The minimum Gasteiger partial charge on any atom is -0.394 e. The van der Waals surface area contributed by atoms with Gasteiger partial charge in [0, 0.05) is 24.7 Å². The van der Waals surface area contributed by atoms with Gasteiger partial charge in [0.2, 0.25) is 0 Å². The summed E-state index contributed by atoms with van der Waals surface area (Å²) in [7, 11) is 0. The predicted molar refractivity (Wildman–Crippen MR) is 65.7 cm³/mol. The Balaban J connectivity index is 2.52. The molecule has 1 aliphatic heterocycles. The van der Waals surface area contributed by atoms with Crippen molar-refractivity contribution in [2.45, 2.75) is 31.3 Å². The Morgan fingerprint density at radius 1 is 1.63 bits per heavy atom. The average molecular weight is 271 g/mol. The lowest BCUT2D eigenvalue weighted by molar-refractivity contribution is -0.113. The summed E-state index contributed by atoms with van der Waals surface area (Å²) in [6.07, 6.45) is -0.309. The van der Waals surface area contributed by atoms with E-state index in [0.717, 1.165) is 0 Å². The molecule has 5 N–H and O–H groups in total. The van der Waals surface area contributed by atoms with Gasteiger partial charge in [-0.2, -0.15) is 0 Å². The lowest BCUT2D eigenvalue weighted by Gasteiger charge is -2.29. The number of hydrogen-bond acceptors (Lipinski definition) is 6. The normalized spacial score (nSPS) is 30.7. The third-order valence-electron chi connectivity index (χ3n) is 3.39. The summed E-state index contributed by atoms with van der Waals surface area (Å²) in [5.74, 6) is 0. The quantitative estimate of drug-likeness (QED) is 0.485. The van der Waals surface area contributed by atoms with Gasteiger partial charge in [0.1, 0.15) is 6.10 Å². The fraction of sp³-hybridized carbons (Fsp3) is 0.636. The van der Waals surface area contributed by atoms with Crippen LogP contribution in [0.3, 0.4) is 0 Å². The van der Waals surface area contributed by atoms with Crippen LogP contribution in [0, 0.1) is 6.92 Å². The molecule has 1 fully saturated rings. The van der Waals surface area contributed by atoms with Crippen LogP contribution in [-0.2, 0) is 10.5 Å². The van der Waals surface area contributed by atoms with Crippen LogP contribution in [0.2, 0.25) is 0 Å². The second kappa shape index (κ2) is 4.89. The Morgan fingerprint density at radius 3 is 2.84 bits per heavy atom. The molecule has 2 rings (SSSR count). The molecule has 2 heterocycles. The largest absolute Gasteiger partial charge is 0.394 e. The molecule has 0 spiro atoms. The van der Waals surface area contributed by atoms with Crippen molar-refractivity contribution in [3.63, 3.8) is 0 Å². The fourth-order valence-corrected chi connectivity index (χ4v) is 2.28. The van der Waals surface area contributed by atoms with Gasteiger partial charge in [-0.15, -0.1) is 0 Å². The molecule has 0 aromatic carbocycles. The Kier molecular flexibility index (Phi) is 3.59. The highest BCUT2D eigenvalue weighted by Crippen LogP contribution is 2.33. The molecule has 1 aliphatic rings. The second-order valence-corrected chi connectivity index (χ2v) is 4.70. The minimum atomic E-state index is -1.25. The van der Waals surface area contributed by atoms with Crippen molar-refractivity contribution in [3.8, 4) is 0 Å². The van der Waals surface area contributed by atoms with Crippen LogP contribution in [0.5, 0.6) is 0 Å². The van der Waals surface area contributed by atoms with E-state index >= 15 is 0 Å². The molecule has 0 saturated carbocycles. The lowest BCUT2D eigenvalue weighted by atomic mass is 10.1. The van der Waals surface area contributed by atoms with Gasteiger partial charge in [-0.25, -0.2) is 4.79 Å². The predicted octanol–water partition coefficient (Wildman–Crippen LogP) is -2.40. The van der Waals surface area contributed by atoms with Gasteiger partial charge in [0.05, 0.1) is 12.7 Å². The zero-order valence-corrected chi connectivity index (χ0v) is 10.5. The number of hydrogen-bond donors (Lipinski definition) is 4. The first-order chi connectivity index (χ1) is 8.93. The fourth-order valence-electron chi connectivity index (χ4n) is 2.28. The monoisotopic (exact) mass is 271 g/mol. The maximum Gasteiger partial charge on any atom is 0.330 e. The Morgan fingerprint density at radius 2 is 2.32 bits per heavy atom. The Labute approximate surface area is 108 Å². The third kappa shape index (κ3) is 2.23. The summed E-state index contributed by atoms with van der Waals surface area (Å²) in [5.41, 5.74) is 3.61. The molecule has 19 heavy (non-hydrogen) atoms. The number of aliphatic hydroxyl groups excluding tert-OH is 2. The highest BCUT2D eigenvalue weighted by atomic mass is 16.6. The molecule has 0 amide bonds. The van der Waals surface area contributed by atoms with Gasteiger partial charge < -0.3 is 20.7 Å². The number of ether oxygens (including phenoxy) is 1. The molecule has 0 aliphatic carbocycles. The van der Waals surface area contributed by atoms with Gasteiger partial charge in [-0.1, -0.05) is 0 Å². The first-order valence-electron chi connectivity index (χ1n) is 5.93. The number of nitrogens with one attached hydrogen (secondary N) is 1. The van der Waals surface area contributed by atoms with Gasteiger partial charge >= 0.3 is 5.69 Å². The van der Waals surface area contributed by atoms with E-state index in [0.29, 0.717) is 5.56 Å². The first-order valence-corrected chi connectivity index (χ1v) is 5.93. The van der Waals surface area contributed by atoms with E-state index < -0.39 is 29.2 Å². The zero-order valence-electron chi connectivity index (χ0n) is 10.5. The van der Waals surface area contributed by atoms with E-state index in [9.17, 15) is 14.7 Å². The zero-order chi connectivity index (χ0) is 14.2. The topological polar surface area (TPSA) is 131 Å². The van der Waals surface area contributed by atoms with Crippen LogP contribution in [0.15, 0.2) is 15.8 Å². The lowest BCUT2D eigenvalue weighted by Crippen LogP contribution is -2.49. The summed E-state index contributed by atoms with van der Waals surface area (Å²) in [6.45, 7) is 1.11. The number of aromatic amines is 1. The number of nitrogens with two attached hydrogens (primary N) is 1. The number of nitrogens with zero attached hydrogens (tertiary/aromatic N) is 1. The van der Waals surface area contributed by atoms with Crippen molar-refractivity contribution in [2.75, 3.05) is 13.2 Å². The van der Waals surface area contributed by atoms with Crippen molar-refractivity contribution < 1.29 is 14.9 Å². The maximum atomic E-state index is 11.9. The number of aryl methyl sites for hydroxylation is 1. The summed E-state index contributed by atoms with van der Waals surface area (Å²) in [4.78, 5) is 25.4. The van der Waals surface area contributed by atoms with Gasteiger partial charge in [0.15, 0.2) is 5.72 Å². The van der Waals surface area contributed by atoms with E-state index in [1.54, 1.807) is 6.92 Å². The van der Waals surface area contributed by atoms with Crippen LogP contribution >= 0.6 is 0 Å². The molecule has 8 nitrogen and oxygen atoms in total. The van der Waals surface area contributed by atoms with Gasteiger partial charge in [-0.05, 0) is 6.92 Å². The van der Waals surface area contributed by atoms with E-state index in [1.165, 1.54) is 10.8 Å². The van der Waals surface area contributed by atoms with E-state index in [-0.39, 0.29) is 19.6 Å². The van der Waals surface area contributed by atoms with Gasteiger partial charge in [-0.3, -0.25) is 14.3 Å². The minimum absolute atomic E-state index is 0.0635. The van der Waals surface area contributed by atoms with Crippen molar-refractivity contribution in [2.24, 2.45) is 5.73 Å². The first kappa shape index (κ1) is 13.9. The molecule has 106 valence electrons. The van der Waals surface area contributed by atoms with Crippen LogP contribution in [0.25, 0.3) is 0 Å². The highest BCUT2D eigenvalue weighted by molar-refractivity contribution is 5.05. The molecule has 1 saturated heterocycles. The summed E-state index contributed by atoms with van der Waals surface area (Å²) in [6, 6.07) is 0. The molecular weight excluding hydrogens is 254 g/mol. The standard InChI is InChI=1S/C11H17N3O5/c1-6-3-14(10(18)13-9(6)17)11(5-12)2-7(16)8(4-15)19-11/h3,7-8,15-16H,2,4-5,12H2,1H3,(H,13,17,18)/t7-,8+,11-/m0/s1. The van der Waals surface area contributed by atoms with E-state index in [2.05, 4.69) is 4.98 Å². The molecule has 8 heteroatoms. The smallest absolute Gasteiger partial charge is 0.330 e. The number of aromatic nitrogens is 2. The van der Waals surface area contributed by atoms with Crippen LogP contribution in [-0.4, -0.2) is 45.1 Å². The highest BCUT2D eigenvalue weighted by Gasteiger charge is 2.47. The van der Waals surface area contributed by atoms with E-state index in [1.807, 2.05) is 0 Å². The molecule has 0 bridgehead atoms. The number of rotatable bonds is 3. The van der Waals surface area contributed by atoms with Crippen molar-refractivity contribution in [3.05, 3.63) is 32.6 Å². The second-order valence-electron chi connectivity index (χ2n) is 4.70. The van der Waals surface area contributed by atoms with Crippen LogP contribution < -0.4 is 17.0 Å². The summed E-state index contributed by atoms with van der Waals surface area (Å²) < 4.78 is 6.71. The Bertz CT molecular complexity index is 580. The SMILES string of the molecule is Cc1cn([C@@]2(CN)C[C@H](O)[C@@H](CO)O2)c(=O)[nH]c1=O. The molecule has 1 aromatic heterocycles. The van der Waals surface area contributed by atoms with Crippen molar-refractivity contribution >= 4 is 0 Å². The van der Waals surface area contributed by atoms with Crippen LogP contribution in [0.1, 0.15) is 12.0 Å². The summed E-state index contributed by atoms with van der Waals surface area (Å²) >= 11 is 0. The maximum absolute atomic E-state index is 11.9. The van der Waals surface area contributed by atoms with E-state index in [4.69, 9.17) is 15.6 Å². The number of aliphatic hydroxyl groups is 2. The molecule has 0 unspecified atom stereocenters. The van der Waals surface area contributed by atoms with Crippen molar-refractivity contribution in [1.29, 1.82) is 0 Å². The molecular formula is C11H17N3O5. The molecule has 1 aromatic rings. The average Bonchev–Trinajstić information content (AvgIpc) is 2.71. The summed E-state index contributed by atoms with van der Waals surface area (Å²) in [5, 5.41) is 18.9. The van der Waals surface area contributed by atoms with Crippen LogP contribution in [0.4, 0.5) is 0 Å². The van der Waals surface area contributed by atoms with Crippen molar-refractivity contribution in [1.82, 2.24) is 9.55 Å². The third-order valence-corrected chi connectivity index (χ3v) is 3.39. The molecule has 3 atom stereocenters. The Hall–Kier alpha value is -1.48.